The number of rotatable bonds is 11. The van der Waals surface area contributed by atoms with Crippen LogP contribution in [-0.2, 0) is 25.2 Å². The van der Waals surface area contributed by atoms with Crippen LogP contribution < -0.4 is 14.8 Å². The number of carbonyl (C=O) groups is 2. The van der Waals surface area contributed by atoms with Gasteiger partial charge in [0, 0.05) is 17.7 Å². The van der Waals surface area contributed by atoms with E-state index in [2.05, 4.69) is 10.0 Å². The van der Waals surface area contributed by atoms with Crippen LogP contribution in [0.15, 0.2) is 29.7 Å². The van der Waals surface area contributed by atoms with Crippen LogP contribution in [0.3, 0.4) is 0 Å². The number of benzene rings is 1. The molecule has 1 unspecified atom stereocenters. The lowest BCUT2D eigenvalue weighted by molar-refractivity contribution is -0.136. The van der Waals surface area contributed by atoms with E-state index >= 15 is 0 Å². The summed E-state index contributed by atoms with van der Waals surface area (Å²) in [4.78, 5) is 22.9. The third kappa shape index (κ3) is 5.95. The number of hydrogen-bond acceptors (Lipinski definition) is 5. The van der Waals surface area contributed by atoms with Gasteiger partial charge >= 0.3 is 0 Å². The molecule has 2 saturated carbocycles. The molecular weight excluding hydrogens is 435 g/mol. The molecule has 0 aromatic heterocycles. The van der Waals surface area contributed by atoms with E-state index < -0.39 is 21.4 Å². The number of halogens is 1. The molecular formula is C23H29FN2O5S. The Kier molecular flexibility index (Phi) is 6.67. The van der Waals surface area contributed by atoms with Gasteiger partial charge in [0.15, 0.2) is 11.6 Å². The maximum absolute atomic E-state index is 14.1. The number of nitrogens with one attached hydrogen (secondary N) is 2. The number of unbranched alkanes of at least 4 members (excludes halogenated alkanes) is 1. The predicted molar refractivity (Wildman–Crippen MR) is 116 cm³/mol. The van der Waals surface area contributed by atoms with Gasteiger partial charge in [-0.25, -0.2) is 17.5 Å². The van der Waals surface area contributed by atoms with Gasteiger partial charge < -0.3 is 4.74 Å². The summed E-state index contributed by atoms with van der Waals surface area (Å²) in [5.41, 5.74) is -0.0130. The summed E-state index contributed by atoms with van der Waals surface area (Å²) in [5.74, 6) is -0.449. The second kappa shape index (κ2) is 9.31. The predicted octanol–water partition coefficient (Wildman–Crippen LogP) is 3.26. The number of amides is 2. The number of piperidine rings is 1. The topological polar surface area (TPSA) is 102 Å². The molecule has 32 heavy (non-hydrogen) atoms. The van der Waals surface area contributed by atoms with Crippen LogP contribution in [0.5, 0.6) is 5.75 Å². The van der Waals surface area contributed by atoms with Crippen molar-refractivity contribution in [3.63, 3.8) is 0 Å². The third-order valence-electron chi connectivity index (χ3n) is 6.29. The van der Waals surface area contributed by atoms with Gasteiger partial charge in [-0.3, -0.25) is 14.9 Å². The zero-order chi connectivity index (χ0) is 22.8. The fraction of sp³-hybridized carbons (Fsp3) is 0.565. The molecule has 3 fully saturated rings. The molecule has 3 aliphatic rings. The molecule has 2 amide bonds. The van der Waals surface area contributed by atoms with Crippen molar-refractivity contribution >= 4 is 21.8 Å². The largest absolute Gasteiger partial charge is 0.490 e. The molecule has 1 saturated heterocycles. The number of allylic oxidation sites excluding steroid dienone is 1. The van der Waals surface area contributed by atoms with Gasteiger partial charge in [-0.15, -0.1) is 0 Å². The smallest absolute Gasteiger partial charge is 0.234 e. The van der Waals surface area contributed by atoms with E-state index in [9.17, 15) is 22.4 Å². The quantitative estimate of drug-likeness (QED) is 0.387. The number of ether oxygens (including phenoxy) is 1. The van der Waals surface area contributed by atoms with Gasteiger partial charge in [-0.1, -0.05) is 12.1 Å². The normalized spacial score (nSPS) is 22.7. The first-order valence-corrected chi connectivity index (χ1v) is 12.8. The molecule has 9 heteroatoms. The van der Waals surface area contributed by atoms with Crippen LogP contribution in [0.2, 0.25) is 0 Å². The number of hydrogen-bond donors (Lipinski definition) is 2. The third-order valence-corrected chi connectivity index (χ3v) is 7.52. The van der Waals surface area contributed by atoms with Crippen molar-refractivity contribution in [3.05, 3.63) is 41.1 Å². The highest BCUT2D eigenvalue weighted by atomic mass is 32.2. The van der Waals surface area contributed by atoms with Crippen LogP contribution in [-0.4, -0.2) is 26.8 Å². The van der Waals surface area contributed by atoms with E-state index in [1.807, 2.05) is 0 Å². The second-order valence-corrected chi connectivity index (χ2v) is 10.6. The lowest BCUT2D eigenvalue weighted by atomic mass is 9.93. The molecule has 0 bridgehead atoms. The molecule has 0 spiro atoms. The molecule has 2 aliphatic carbocycles. The maximum atomic E-state index is 14.1. The van der Waals surface area contributed by atoms with Gasteiger partial charge in [0.05, 0.1) is 12.1 Å². The monoisotopic (exact) mass is 464 g/mol. The van der Waals surface area contributed by atoms with E-state index in [0.29, 0.717) is 63.0 Å². The lowest BCUT2D eigenvalue weighted by Gasteiger charge is -2.20. The summed E-state index contributed by atoms with van der Waals surface area (Å²) in [5, 5.41) is 3.49. The first kappa shape index (κ1) is 22.9. The van der Waals surface area contributed by atoms with E-state index in [-0.39, 0.29) is 23.5 Å². The Morgan fingerprint density at radius 3 is 2.69 bits per heavy atom. The van der Waals surface area contributed by atoms with Crippen LogP contribution >= 0.6 is 0 Å². The molecule has 1 aromatic rings. The Hall–Kier alpha value is -2.26. The Morgan fingerprint density at radius 1 is 1.22 bits per heavy atom. The molecule has 1 atom stereocenters. The van der Waals surface area contributed by atoms with E-state index in [0.717, 1.165) is 18.2 Å². The summed E-state index contributed by atoms with van der Waals surface area (Å²) in [7, 11) is -3.68. The fourth-order valence-electron chi connectivity index (χ4n) is 3.98. The zero-order valence-corrected chi connectivity index (χ0v) is 18.8. The summed E-state index contributed by atoms with van der Waals surface area (Å²) in [6.07, 6.45) is 7.75. The second-order valence-electron chi connectivity index (χ2n) is 9.08. The van der Waals surface area contributed by atoms with Gasteiger partial charge in [0.1, 0.15) is 0 Å². The molecule has 4 rings (SSSR count). The van der Waals surface area contributed by atoms with Crippen LogP contribution in [0.25, 0.3) is 0 Å². The molecule has 1 heterocycles. The van der Waals surface area contributed by atoms with E-state index in [4.69, 9.17) is 4.74 Å². The average Bonchev–Trinajstić information content (AvgIpc) is 3.65. The Bertz CT molecular complexity index is 1020. The SMILES string of the molecule is O=C1CCC(CCC/C=C/S(=O)(=O)NC2(c3ccc(F)c(OCC4CC4)c3)CC2)C(=O)N1. The molecule has 0 radical (unpaired) electrons. The zero-order valence-electron chi connectivity index (χ0n) is 17.9. The van der Waals surface area contributed by atoms with Crippen molar-refractivity contribution in [3.8, 4) is 5.75 Å². The highest BCUT2D eigenvalue weighted by Gasteiger charge is 2.47. The minimum Gasteiger partial charge on any atom is -0.490 e. The summed E-state index contributed by atoms with van der Waals surface area (Å²) in [6.45, 7) is 0.487. The van der Waals surface area contributed by atoms with Gasteiger partial charge in [-0.05, 0) is 75.0 Å². The lowest BCUT2D eigenvalue weighted by Crippen LogP contribution is -2.40. The van der Waals surface area contributed by atoms with E-state index in [1.54, 1.807) is 18.2 Å². The van der Waals surface area contributed by atoms with Gasteiger partial charge in [0.25, 0.3) is 0 Å². The fourth-order valence-corrected chi connectivity index (χ4v) is 5.30. The molecule has 1 aliphatic heterocycles. The number of sulfonamides is 1. The van der Waals surface area contributed by atoms with Crippen LogP contribution in [0.4, 0.5) is 4.39 Å². The maximum Gasteiger partial charge on any atom is 0.234 e. The van der Waals surface area contributed by atoms with Crippen molar-refractivity contribution < 1.29 is 27.1 Å². The van der Waals surface area contributed by atoms with Crippen molar-refractivity contribution in [2.75, 3.05) is 6.61 Å². The van der Waals surface area contributed by atoms with Crippen molar-refractivity contribution in [2.45, 2.75) is 63.3 Å². The molecule has 2 N–H and O–H groups in total. The standard InChI is InChI=1S/C23H29FN2O5S/c24-19-9-8-18(14-20(19)31-15-16-5-6-16)23(11-12-23)26-32(29,30)13-3-1-2-4-17-7-10-21(27)25-22(17)28/h3,8-9,13-14,16-17,26H,1-2,4-7,10-12,15H2,(H,25,27,28)/b13-3+. The van der Waals surface area contributed by atoms with Crippen molar-refractivity contribution in [1.29, 1.82) is 0 Å². The summed E-state index contributed by atoms with van der Waals surface area (Å²) < 4.78 is 47.6. The Labute approximate surface area is 187 Å². The first-order chi connectivity index (χ1) is 15.3. The van der Waals surface area contributed by atoms with Crippen molar-refractivity contribution in [1.82, 2.24) is 10.0 Å². The highest BCUT2D eigenvalue weighted by Crippen LogP contribution is 2.47. The summed E-state index contributed by atoms with van der Waals surface area (Å²) in [6, 6.07) is 4.55. The molecule has 174 valence electrons. The molecule has 7 nitrogen and oxygen atoms in total. The first-order valence-electron chi connectivity index (χ1n) is 11.2. The molecule has 1 aromatic carbocycles. The van der Waals surface area contributed by atoms with Crippen molar-refractivity contribution in [2.24, 2.45) is 11.8 Å². The van der Waals surface area contributed by atoms with Crippen LogP contribution in [0.1, 0.15) is 63.4 Å². The van der Waals surface area contributed by atoms with Gasteiger partial charge in [0.2, 0.25) is 21.8 Å². The Morgan fingerprint density at radius 2 is 2.00 bits per heavy atom. The summed E-state index contributed by atoms with van der Waals surface area (Å²) >= 11 is 0. The number of imide groups is 1. The van der Waals surface area contributed by atoms with Crippen LogP contribution in [0, 0.1) is 17.7 Å². The minimum atomic E-state index is -3.68. The van der Waals surface area contributed by atoms with E-state index in [1.165, 1.54) is 6.07 Å². The minimum absolute atomic E-state index is 0.170. The highest BCUT2D eigenvalue weighted by molar-refractivity contribution is 7.92. The van der Waals surface area contributed by atoms with Gasteiger partial charge in [-0.2, -0.15) is 0 Å². The average molecular weight is 465 g/mol. The Balaban J connectivity index is 1.29. The number of carbonyl (C=O) groups excluding carboxylic acids is 2.